The van der Waals surface area contributed by atoms with E-state index in [1.54, 1.807) is 31.2 Å². The summed E-state index contributed by atoms with van der Waals surface area (Å²) < 4.78 is 21.9. The molecule has 1 aromatic carbocycles. The summed E-state index contributed by atoms with van der Waals surface area (Å²) in [4.78, 5) is 36.4. The molecule has 2 fully saturated rings. The zero-order valence-corrected chi connectivity index (χ0v) is 16.6. The predicted octanol–water partition coefficient (Wildman–Crippen LogP) is 2.31. The molecule has 140 valence electrons. The molecule has 0 bridgehead atoms. The van der Waals surface area contributed by atoms with Crippen LogP contribution in [0.1, 0.15) is 32.6 Å². The Bertz CT molecular complexity index is 743. The monoisotopic (exact) mass is 474 g/mol. The molecule has 1 atom stereocenters. The second kappa shape index (κ2) is 7.73. The number of benzene rings is 1. The highest BCUT2D eigenvalue weighted by molar-refractivity contribution is 14.2. The van der Waals surface area contributed by atoms with Gasteiger partial charge in [0.25, 0.3) is 5.79 Å². The number of esters is 3. The third-order valence-electron chi connectivity index (χ3n) is 4.15. The smallest absolute Gasteiger partial charge is 0.354 e. The van der Waals surface area contributed by atoms with E-state index >= 15 is 0 Å². The molecule has 1 aliphatic heterocycles. The Hall–Kier alpha value is -1.97. The van der Waals surface area contributed by atoms with Crippen molar-refractivity contribution in [3.8, 4) is 5.75 Å². The number of hydrogen-bond donors (Lipinski definition) is 0. The average Bonchev–Trinajstić information content (AvgIpc) is 3.06. The Labute approximate surface area is 160 Å². The van der Waals surface area contributed by atoms with Crippen LogP contribution in [0.5, 0.6) is 5.75 Å². The molecule has 1 spiro atoms. The average molecular weight is 474 g/mol. The van der Waals surface area contributed by atoms with Crippen LogP contribution in [0, 0.1) is 3.57 Å². The lowest BCUT2D eigenvalue weighted by Crippen LogP contribution is -2.48. The van der Waals surface area contributed by atoms with Crippen LogP contribution in [-0.2, 0) is 28.6 Å². The predicted molar refractivity (Wildman–Crippen MR) is 99.7 cm³/mol. The van der Waals surface area contributed by atoms with Gasteiger partial charge in [-0.15, -0.1) is 0 Å². The van der Waals surface area contributed by atoms with Gasteiger partial charge in [-0.25, -0.2) is 14.4 Å². The largest absolute Gasteiger partial charge is 0.478 e. The van der Waals surface area contributed by atoms with Gasteiger partial charge in [0.05, 0.1) is 10.7 Å². The summed E-state index contributed by atoms with van der Waals surface area (Å²) in [6.45, 7) is 1.57. The fraction of sp³-hybridized carbons (Fsp3) is 0.444. The summed E-state index contributed by atoms with van der Waals surface area (Å²) in [6, 6.07) is 6.98. The number of ether oxygens (including phenoxy) is 4. The molecule has 0 aromatic heterocycles. The van der Waals surface area contributed by atoms with Crippen molar-refractivity contribution in [1.29, 1.82) is 0 Å². The minimum absolute atomic E-state index is 0.0306. The van der Waals surface area contributed by atoms with Gasteiger partial charge in [0.2, 0.25) is 0 Å². The van der Waals surface area contributed by atoms with E-state index in [1.807, 2.05) is 0 Å². The van der Waals surface area contributed by atoms with E-state index in [0.717, 1.165) is 12.8 Å². The quantitative estimate of drug-likeness (QED) is 0.489. The molecule has 1 aromatic rings. The van der Waals surface area contributed by atoms with Gasteiger partial charge in [-0.2, -0.15) is 0 Å². The Balaban J connectivity index is 1.85. The molecule has 1 heterocycles. The number of methoxy groups -OCH3 is 1. The van der Waals surface area contributed by atoms with Crippen LogP contribution in [0.4, 0.5) is 0 Å². The van der Waals surface area contributed by atoms with Crippen molar-refractivity contribution >= 4 is 42.1 Å². The van der Waals surface area contributed by atoms with Crippen LogP contribution >= 0.6 is 20.7 Å². The van der Waals surface area contributed by atoms with Crippen LogP contribution in [0.3, 0.4) is 0 Å². The van der Waals surface area contributed by atoms with E-state index in [2.05, 4.69) is 4.74 Å². The van der Waals surface area contributed by atoms with E-state index < -0.39 is 50.5 Å². The summed E-state index contributed by atoms with van der Waals surface area (Å²) in [5, 5.41) is 0. The lowest BCUT2D eigenvalue weighted by atomic mass is 10.2. The zero-order chi connectivity index (χ0) is 18.7. The summed E-state index contributed by atoms with van der Waals surface area (Å²) >= 11 is -1.19. The first-order chi connectivity index (χ1) is 12.4. The van der Waals surface area contributed by atoms with Crippen molar-refractivity contribution in [2.24, 2.45) is 0 Å². The van der Waals surface area contributed by atoms with Crippen LogP contribution in [-0.4, -0.2) is 40.4 Å². The maximum absolute atomic E-state index is 12.4. The standard InChI is InChI=1S/C18H19IO7/c1-11(15(20)23-2)24-13-8-4-3-7-12(13)19-14-16(21)25-18(26-17(14)22)9-5-6-10-18/h3-4,7-8,11H,5-6,9-10H2,1-2H3/t11-/m1/s1. The zero-order valence-electron chi connectivity index (χ0n) is 14.5. The Morgan fingerprint density at radius 2 is 1.77 bits per heavy atom. The second-order valence-corrected chi connectivity index (χ2v) is 8.80. The lowest BCUT2D eigenvalue weighted by molar-refractivity contribution is -0.224. The fourth-order valence-corrected chi connectivity index (χ4v) is 5.05. The summed E-state index contributed by atoms with van der Waals surface area (Å²) in [5.74, 6) is -2.35. The van der Waals surface area contributed by atoms with Crippen LogP contribution < -0.4 is 4.74 Å². The molecule has 1 aliphatic carbocycles. The number of rotatable bonds is 4. The van der Waals surface area contributed by atoms with Gasteiger partial charge >= 0.3 is 17.9 Å². The summed E-state index contributed by atoms with van der Waals surface area (Å²) in [5.41, 5.74) is 0. The maximum atomic E-state index is 12.4. The Morgan fingerprint density at radius 1 is 1.15 bits per heavy atom. The number of halogens is 1. The first-order valence-electron chi connectivity index (χ1n) is 8.26. The van der Waals surface area contributed by atoms with E-state index in [0.29, 0.717) is 22.2 Å². The van der Waals surface area contributed by atoms with Gasteiger partial charge in [-0.05, 0) is 31.9 Å². The molecule has 0 unspecified atom stereocenters. The Kier molecular flexibility index (Phi) is 5.59. The number of para-hydroxylation sites is 1. The van der Waals surface area contributed by atoms with Gasteiger partial charge < -0.3 is 18.9 Å². The van der Waals surface area contributed by atoms with Crippen molar-refractivity contribution in [1.82, 2.24) is 0 Å². The molecule has 1 saturated heterocycles. The Morgan fingerprint density at radius 3 is 2.38 bits per heavy atom. The molecule has 8 heteroatoms. The molecule has 0 radical (unpaired) electrons. The number of carbonyl (C=O) groups excluding carboxylic acids is 3. The van der Waals surface area contributed by atoms with E-state index in [4.69, 9.17) is 14.2 Å². The molecule has 0 N–H and O–H groups in total. The van der Waals surface area contributed by atoms with Gasteiger partial charge in [0.1, 0.15) is 5.75 Å². The summed E-state index contributed by atoms with van der Waals surface area (Å²) in [6.07, 6.45) is 2.03. The molecule has 1 saturated carbocycles. The summed E-state index contributed by atoms with van der Waals surface area (Å²) in [7, 11) is 1.28. The molecule has 2 aliphatic rings. The number of carbonyl (C=O) groups is 3. The van der Waals surface area contributed by atoms with Crippen molar-refractivity contribution in [3.63, 3.8) is 0 Å². The highest BCUT2D eigenvalue weighted by Gasteiger charge is 2.48. The van der Waals surface area contributed by atoms with Crippen LogP contribution in [0.15, 0.2) is 24.3 Å². The minimum Gasteiger partial charge on any atom is -0.478 e. The SMILES string of the molecule is COC(=O)[C@@H](C)Oc1ccccc1I=C1C(=O)OC2(CCCC2)OC1=O. The normalized spacial score (nSPS) is 19.7. The van der Waals surface area contributed by atoms with Crippen molar-refractivity contribution in [3.05, 3.63) is 27.8 Å². The lowest BCUT2D eigenvalue weighted by Gasteiger charge is -2.32. The molecule has 7 nitrogen and oxygen atoms in total. The van der Waals surface area contributed by atoms with Crippen molar-refractivity contribution in [2.45, 2.75) is 44.5 Å². The fourth-order valence-electron chi connectivity index (χ4n) is 2.85. The van der Waals surface area contributed by atoms with Gasteiger partial charge in [-0.1, -0.05) is 32.9 Å². The van der Waals surface area contributed by atoms with E-state index in [9.17, 15) is 14.4 Å². The number of hydrogen-bond acceptors (Lipinski definition) is 7. The highest BCUT2D eigenvalue weighted by atomic mass is 127. The maximum Gasteiger partial charge on any atom is 0.354 e. The van der Waals surface area contributed by atoms with Crippen molar-refractivity contribution < 1.29 is 33.3 Å². The van der Waals surface area contributed by atoms with E-state index in [1.165, 1.54) is 7.11 Å². The first kappa shape index (κ1) is 18.8. The van der Waals surface area contributed by atoms with Crippen LogP contribution in [0.25, 0.3) is 0 Å². The molecule has 3 rings (SSSR count). The third-order valence-corrected chi connectivity index (χ3v) is 7.04. The second-order valence-electron chi connectivity index (χ2n) is 6.02. The van der Waals surface area contributed by atoms with E-state index in [-0.39, 0.29) is 3.51 Å². The third kappa shape index (κ3) is 3.89. The van der Waals surface area contributed by atoms with Crippen LogP contribution in [0.2, 0.25) is 0 Å². The van der Waals surface area contributed by atoms with Gasteiger partial charge in [0, 0.05) is 12.8 Å². The molecular formula is C18H19IO7. The van der Waals surface area contributed by atoms with Gasteiger partial charge in [-0.3, -0.25) is 0 Å². The first-order valence-corrected chi connectivity index (χ1v) is 10.4. The topological polar surface area (TPSA) is 88.1 Å². The minimum atomic E-state index is -1.19. The van der Waals surface area contributed by atoms with Crippen molar-refractivity contribution in [2.75, 3.05) is 7.11 Å². The highest BCUT2D eigenvalue weighted by Crippen LogP contribution is 2.38. The molecular weight excluding hydrogens is 455 g/mol. The van der Waals surface area contributed by atoms with Gasteiger partial charge in [0.15, 0.2) is 9.61 Å². The molecule has 26 heavy (non-hydrogen) atoms. The molecule has 0 amide bonds.